The van der Waals surface area contributed by atoms with Crippen molar-refractivity contribution in [3.05, 3.63) is 48.5 Å². The van der Waals surface area contributed by atoms with Gasteiger partial charge in [-0.15, -0.1) is 0 Å². The van der Waals surface area contributed by atoms with E-state index in [1.807, 2.05) is 24.3 Å². The van der Waals surface area contributed by atoms with Crippen molar-refractivity contribution in [1.82, 2.24) is 0 Å². The summed E-state index contributed by atoms with van der Waals surface area (Å²) in [4.78, 5) is 2.33. The molecule has 0 saturated heterocycles. The molecule has 0 saturated carbocycles. The van der Waals surface area contributed by atoms with Crippen LogP contribution in [0.1, 0.15) is 26.7 Å². The molecule has 2 rings (SSSR count). The van der Waals surface area contributed by atoms with E-state index in [1.54, 1.807) is 18.2 Å². The highest BCUT2D eigenvalue weighted by Crippen LogP contribution is 2.36. The first-order valence-corrected chi connectivity index (χ1v) is 7.56. The molecule has 0 radical (unpaired) electrons. The van der Waals surface area contributed by atoms with Gasteiger partial charge in [-0.2, -0.15) is 0 Å². The van der Waals surface area contributed by atoms with Gasteiger partial charge in [-0.3, -0.25) is 0 Å². The maximum atomic E-state index is 9.87. The molecule has 0 aliphatic carbocycles. The van der Waals surface area contributed by atoms with E-state index >= 15 is 0 Å². The molecule has 2 aromatic rings. The fourth-order valence-electron chi connectivity index (χ4n) is 2.36. The lowest BCUT2D eigenvalue weighted by molar-refractivity contribution is 0.411. The molecule has 0 aliphatic heterocycles. The van der Waals surface area contributed by atoms with Crippen LogP contribution >= 0.6 is 0 Å². The second-order valence-electron chi connectivity index (χ2n) is 5.02. The number of benzene rings is 2. The van der Waals surface area contributed by atoms with Crippen LogP contribution < -0.4 is 9.64 Å². The van der Waals surface area contributed by atoms with E-state index in [0.29, 0.717) is 5.75 Å². The van der Waals surface area contributed by atoms with Crippen molar-refractivity contribution in [2.45, 2.75) is 26.7 Å². The summed E-state index contributed by atoms with van der Waals surface area (Å²) in [5.74, 6) is 1.42. The topological polar surface area (TPSA) is 32.7 Å². The van der Waals surface area contributed by atoms with E-state index in [-0.39, 0.29) is 5.75 Å². The summed E-state index contributed by atoms with van der Waals surface area (Å²) >= 11 is 0. The summed E-state index contributed by atoms with van der Waals surface area (Å²) < 4.78 is 5.92. The summed E-state index contributed by atoms with van der Waals surface area (Å²) in [5.41, 5.74) is 1.07. The molecule has 0 aliphatic rings. The lowest BCUT2D eigenvalue weighted by atomic mass is 10.2. The zero-order valence-electron chi connectivity index (χ0n) is 12.7. The summed E-state index contributed by atoms with van der Waals surface area (Å²) in [6, 6.07) is 15.0. The van der Waals surface area contributed by atoms with E-state index in [0.717, 1.165) is 37.4 Å². The van der Waals surface area contributed by atoms with Crippen molar-refractivity contribution in [2.75, 3.05) is 18.0 Å². The Labute approximate surface area is 126 Å². The van der Waals surface area contributed by atoms with Gasteiger partial charge < -0.3 is 14.7 Å². The highest BCUT2D eigenvalue weighted by atomic mass is 16.5. The van der Waals surface area contributed by atoms with Gasteiger partial charge in [-0.05, 0) is 37.1 Å². The van der Waals surface area contributed by atoms with Crippen molar-refractivity contribution in [3.63, 3.8) is 0 Å². The van der Waals surface area contributed by atoms with E-state index in [1.165, 1.54) is 0 Å². The summed E-state index contributed by atoms with van der Waals surface area (Å²) in [7, 11) is 0. The van der Waals surface area contributed by atoms with Crippen molar-refractivity contribution in [3.8, 4) is 17.2 Å². The number of rotatable bonds is 7. The molecule has 2 aromatic carbocycles. The highest BCUT2D eigenvalue weighted by Gasteiger charge is 2.12. The first-order valence-electron chi connectivity index (χ1n) is 7.56. The number of anilines is 1. The summed E-state index contributed by atoms with van der Waals surface area (Å²) in [5, 5.41) is 9.87. The minimum absolute atomic E-state index is 0.157. The number of ether oxygens (including phenoxy) is 1. The molecule has 1 N–H and O–H groups in total. The smallest absolute Gasteiger partial charge is 0.169 e. The molecular weight excluding hydrogens is 262 g/mol. The molecule has 0 aromatic heterocycles. The van der Waals surface area contributed by atoms with Gasteiger partial charge in [0.05, 0.1) is 5.69 Å². The standard InChI is InChI=1S/C18H23NO2/c1-3-13-19(14-4-2)15-9-5-7-11-17(15)21-18-12-8-6-10-16(18)20/h5-12,20H,3-4,13-14H2,1-2H3. The number of nitrogens with zero attached hydrogens (tertiary/aromatic N) is 1. The average molecular weight is 285 g/mol. The molecule has 0 amide bonds. The maximum absolute atomic E-state index is 9.87. The van der Waals surface area contributed by atoms with Crippen LogP contribution in [0.25, 0.3) is 0 Å². The Morgan fingerprint density at radius 2 is 1.43 bits per heavy atom. The SMILES string of the molecule is CCCN(CCC)c1ccccc1Oc1ccccc1O. The summed E-state index contributed by atoms with van der Waals surface area (Å²) in [6.45, 7) is 6.34. The normalized spacial score (nSPS) is 10.4. The van der Waals surface area contributed by atoms with Gasteiger partial charge in [0.25, 0.3) is 0 Å². The van der Waals surface area contributed by atoms with Gasteiger partial charge in [0, 0.05) is 13.1 Å². The van der Waals surface area contributed by atoms with Crippen LogP contribution in [0, 0.1) is 0 Å². The minimum atomic E-state index is 0.157. The second kappa shape index (κ2) is 7.58. The Balaban J connectivity index is 2.29. The van der Waals surface area contributed by atoms with Gasteiger partial charge in [-0.25, -0.2) is 0 Å². The fraction of sp³-hybridized carbons (Fsp3) is 0.333. The second-order valence-corrected chi connectivity index (χ2v) is 5.02. The molecule has 0 spiro atoms. The van der Waals surface area contributed by atoms with Gasteiger partial charge in [0.2, 0.25) is 0 Å². The molecule has 3 nitrogen and oxygen atoms in total. The number of phenolic OH excluding ortho intramolecular Hbond substituents is 1. The molecular formula is C18H23NO2. The summed E-state index contributed by atoms with van der Waals surface area (Å²) in [6.07, 6.45) is 2.18. The number of aromatic hydroxyl groups is 1. The third-order valence-electron chi connectivity index (χ3n) is 3.28. The highest BCUT2D eigenvalue weighted by molar-refractivity contribution is 5.60. The van der Waals surface area contributed by atoms with Crippen molar-refractivity contribution >= 4 is 5.69 Å². The van der Waals surface area contributed by atoms with Crippen molar-refractivity contribution < 1.29 is 9.84 Å². The Morgan fingerprint density at radius 1 is 0.857 bits per heavy atom. The molecule has 0 fully saturated rings. The van der Waals surface area contributed by atoms with E-state index in [2.05, 4.69) is 24.8 Å². The Hall–Kier alpha value is -2.16. The molecule has 0 unspecified atom stereocenters. The Bertz CT molecular complexity index is 563. The van der Waals surface area contributed by atoms with E-state index in [9.17, 15) is 5.11 Å². The van der Waals surface area contributed by atoms with E-state index < -0.39 is 0 Å². The number of hydrogen-bond acceptors (Lipinski definition) is 3. The van der Waals surface area contributed by atoms with Crippen molar-refractivity contribution in [1.29, 1.82) is 0 Å². The fourth-order valence-corrected chi connectivity index (χ4v) is 2.36. The van der Waals surface area contributed by atoms with Crippen LogP contribution in [0.3, 0.4) is 0 Å². The van der Waals surface area contributed by atoms with Crippen LogP contribution in [-0.4, -0.2) is 18.2 Å². The van der Waals surface area contributed by atoms with Crippen LogP contribution in [0.15, 0.2) is 48.5 Å². The molecule has 3 heteroatoms. The number of phenols is 1. The first-order chi connectivity index (χ1) is 10.3. The lowest BCUT2D eigenvalue weighted by Gasteiger charge is -2.26. The van der Waals surface area contributed by atoms with Crippen LogP contribution in [0.4, 0.5) is 5.69 Å². The van der Waals surface area contributed by atoms with Crippen LogP contribution in [0.5, 0.6) is 17.2 Å². The molecule has 0 heterocycles. The van der Waals surface area contributed by atoms with Gasteiger partial charge in [0.1, 0.15) is 0 Å². The zero-order valence-corrected chi connectivity index (χ0v) is 12.7. The Kier molecular flexibility index (Phi) is 5.50. The van der Waals surface area contributed by atoms with Crippen LogP contribution in [0.2, 0.25) is 0 Å². The lowest BCUT2D eigenvalue weighted by Crippen LogP contribution is -2.25. The molecule has 21 heavy (non-hydrogen) atoms. The minimum Gasteiger partial charge on any atom is -0.504 e. The Morgan fingerprint density at radius 3 is 2.05 bits per heavy atom. The van der Waals surface area contributed by atoms with Gasteiger partial charge in [-0.1, -0.05) is 38.1 Å². The third-order valence-corrected chi connectivity index (χ3v) is 3.28. The van der Waals surface area contributed by atoms with Crippen LogP contribution in [-0.2, 0) is 0 Å². The molecule has 0 atom stereocenters. The maximum Gasteiger partial charge on any atom is 0.169 e. The third kappa shape index (κ3) is 3.91. The number of hydrogen-bond donors (Lipinski definition) is 1. The molecule has 112 valence electrons. The van der Waals surface area contributed by atoms with E-state index in [4.69, 9.17) is 4.74 Å². The zero-order chi connectivity index (χ0) is 15.1. The average Bonchev–Trinajstić information content (AvgIpc) is 2.50. The molecule has 0 bridgehead atoms. The van der Waals surface area contributed by atoms with Crippen molar-refractivity contribution in [2.24, 2.45) is 0 Å². The monoisotopic (exact) mass is 285 g/mol. The largest absolute Gasteiger partial charge is 0.504 e. The first kappa shape index (κ1) is 15.2. The predicted molar refractivity (Wildman–Crippen MR) is 87.4 cm³/mol. The number of para-hydroxylation sites is 4. The van der Waals surface area contributed by atoms with Gasteiger partial charge >= 0.3 is 0 Å². The predicted octanol–water partition coefficient (Wildman–Crippen LogP) is 4.81. The quantitative estimate of drug-likeness (QED) is 0.792. The van der Waals surface area contributed by atoms with Gasteiger partial charge in [0.15, 0.2) is 17.2 Å².